The molecule has 0 spiro atoms. The lowest BCUT2D eigenvalue weighted by atomic mass is 9.68. The van der Waals surface area contributed by atoms with Gasteiger partial charge in [-0.15, -0.1) is 0 Å². The van der Waals surface area contributed by atoms with E-state index >= 15 is 0 Å². The summed E-state index contributed by atoms with van der Waals surface area (Å²) in [6.45, 7) is 6.13. The van der Waals surface area contributed by atoms with E-state index < -0.39 is 5.92 Å². The lowest BCUT2D eigenvalue weighted by Crippen LogP contribution is -2.39. The second kappa shape index (κ2) is 9.85. The molecule has 1 fully saturated rings. The van der Waals surface area contributed by atoms with Gasteiger partial charge < -0.3 is 19.5 Å². The summed E-state index contributed by atoms with van der Waals surface area (Å²) in [4.78, 5) is 27.1. The summed E-state index contributed by atoms with van der Waals surface area (Å²) in [5, 5.41) is 3.42. The zero-order chi connectivity index (χ0) is 24.5. The van der Waals surface area contributed by atoms with E-state index in [0.717, 1.165) is 49.1 Å². The minimum atomic E-state index is -0.502. The number of carbonyl (C=O) groups excluding carboxylic acids is 2. The summed E-state index contributed by atoms with van der Waals surface area (Å²) in [6.07, 6.45) is 7.45. The first kappa shape index (κ1) is 24.4. The van der Waals surface area contributed by atoms with Crippen LogP contribution in [0.1, 0.15) is 83.6 Å². The third-order valence-electron chi connectivity index (χ3n) is 7.28. The maximum atomic E-state index is 13.6. The fourth-order valence-electron chi connectivity index (χ4n) is 5.65. The Morgan fingerprint density at radius 3 is 2.32 bits per heavy atom. The van der Waals surface area contributed by atoms with E-state index in [9.17, 15) is 9.59 Å². The molecule has 6 heteroatoms. The number of nitrogens with one attached hydrogen (secondary N) is 1. The minimum absolute atomic E-state index is 0.0716. The Balaban J connectivity index is 1.78. The minimum Gasteiger partial charge on any atom is -0.493 e. The molecule has 0 saturated heterocycles. The molecule has 1 aliphatic heterocycles. The van der Waals surface area contributed by atoms with Crippen LogP contribution in [0, 0.1) is 5.41 Å². The Bertz CT molecular complexity index is 1030. The van der Waals surface area contributed by atoms with Crippen molar-refractivity contribution >= 4 is 11.8 Å². The summed E-state index contributed by atoms with van der Waals surface area (Å²) < 4.78 is 17.0. The average molecular weight is 468 g/mol. The SMILES string of the molecule is COc1ccc([C@H]2C(C(=O)OC3CCCCCC3)=C(C)NC3=C2C(=O)CC(C)(C)C3)cc1OC. The van der Waals surface area contributed by atoms with Crippen LogP contribution in [-0.2, 0) is 14.3 Å². The average Bonchev–Trinajstić information content (AvgIpc) is 3.05. The molecule has 1 aromatic rings. The lowest BCUT2D eigenvalue weighted by molar-refractivity contribution is -0.145. The Hall–Kier alpha value is -2.76. The van der Waals surface area contributed by atoms with Crippen molar-refractivity contribution in [3.63, 3.8) is 0 Å². The number of methoxy groups -OCH3 is 2. The van der Waals surface area contributed by atoms with Gasteiger partial charge in [-0.05, 0) is 62.1 Å². The van der Waals surface area contributed by atoms with Crippen LogP contribution in [-0.4, -0.2) is 32.1 Å². The second-order valence-electron chi connectivity index (χ2n) is 10.6. The molecule has 3 aliphatic rings. The number of allylic oxidation sites excluding steroid dienone is 3. The van der Waals surface area contributed by atoms with E-state index in [0.29, 0.717) is 29.1 Å². The maximum absolute atomic E-state index is 13.6. The van der Waals surface area contributed by atoms with E-state index in [4.69, 9.17) is 14.2 Å². The van der Waals surface area contributed by atoms with Gasteiger partial charge in [-0.2, -0.15) is 0 Å². The number of carbonyl (C=O) groups is 2. The first-order valence-corrected chi connectivity index (χ1v) is 12.4. The zero-order valence-electron chi connectivity index (χ0n) is 21.1. The predicted octanol–water partition coefficient (Wildman–Crippen LogP) is 5.57. The van der Waals surface area contributed by atoms with Gasteiger partial charge in [0.2, 0.25) is 0 Å². The summed E-state index contributed by atoms with van der Waals surface area (Å²) in [7, 11) is 3.18. The van der Waals surface area contributed by atoms with Gasteiger partial charge in [-0.1, -0.05) is 32.8 Å². The summed E-state index contributed by atoms with van der Waals surface area (Å²) in [5.41, 5.74) is 3.54. The Kier molecular flexibility index (Phi) is 7.06. The fourth-order valence-corrected chi connectivity index (χ4v) is 5.65. The number of Topliss-reactive ketones (excluding diaryl/α,β-unsaturated/α-hetero) is 1. The van der Waals surface area contributed by atoms with Gasteiger partial charge in [0, 0.05) is 29.3 Å². The number of ether oxygens (including phenoxy) is 3. The summed E-state index contributed by atoms with van der Waals surface area (Å²) in [5.74, 6) is 0.414. The van der Waals surface area contributed by atoms with Crippen LogP contribution in [0.5, 0.6) is 11.5 Å². The molecule has 34 heavy (non-hydrogen) atoms. The maximum Gasteiger partial charge on any atom is 0.337 e. The van der Waals surface area contributed by atoms with Crippen molar-refractivity contribution in [2.75, 3.05) is 14.2 Å². The van der Waals surface area contributed by atoms with Gasteiger partial charge in [0.25, 0.3) is 0 Å². The molecule has 2 aliphatic carbocycles. The molecule has 6 nitrogen and oxygen atoms in total. The number of hydrogen-bond acceptors (Lipinski definition) is 6. The molecule has 1 heterocycles. The largest absolute Gasteiger partial charge is 0.493 e. The highest BCUT2D eigenvalue weighted by Crippen LogP contribution is 2.48. The highest BCUT2D eigenvalue weighted by molar-refractivity contribution is 6.04. The van der Waals surface area contributed by atoms with Crippen molar-refractivity contribution in [1.29, 1.82) is 0 Å². The monoisotopic (exact) mass is 467 g/mol. The van der Waals surface area contributed by atoms with Crippen molar-refractivity contribution in [2.45, 2.75) is 84.2 Å². The van der Waals surface area contributed by atoms with Crippen LogP contribution < -0.4 is 14.8 Å². The number of ketones is 1. The van der Waals surface area contributed by atoms with Crippen LogP contribution in [0.4, 0.5) is 0 Å². The second-order valence-corrected chi connectivity index (χ2v) is 10.6. The van der Waals surface area contributed by atoms with Crippen LogP contribution in [0.3, 0.4) is 0 Å². The topological polar surface area (TPSA) is 73.9 Å². The van der Waals surface area contributed by atoms with E-state index in [-0.39, 0.29) is 23.3 Å². The fraction of sp³-hybridized carbons (Fsp3) is 0.571. The third kappa shape index (κ3) is 4.86. The summed E-state index contributed by atoms with van der Waals surface area (Å²) in [6, 6.07) is 5.62. The van der Waals surface area contributed by atoms with Gasteiger partial charge in [0.05, 0.1) is 19.8 Å². The van der Waals surface area contributed by atoms with E-state index in [1.54, 1.807) is 14.2 Å². The molecular formula is C28H37NO5. The van der Waals surface area contributed by atoms with Crippen molar-refractivity contribution in [3.05, 3.63) is 46.3 Å². The van der Waals surface area contributed by atoms with Gasteiger partial charge in [-0.3, -0.25) is 4.79 Å². The normalized spacial score (nSPS) is 23.1. The zero-order valence-corrected chi connectivity index (χ0v) is 21.1. The number of hydrogen-bond donors (Lipinski definition) is 1. The first-order chi connectivity index (χ1) is 16.2. The lowest BCUT2D eigenvalue weighted by Gasteiger charge is -2.39. The standard InChI is InChI=1S/C28H37NO5/c1-17-24(27(31)34-19-10-8-6-7-9-11-19)25(18-12-13-22(32-4)23(14-18)33-5)26-20(29-17)15-28(2,3)16-21(26)30/h12-14,19,25,29H,6-11,15-16H2,1-5H3/t25-/m0/s1. The van der Waals surface area contributed by atoms with Crippen LogP contribution in [0.15, 0.2) is 40.7 Å². The number of esters is 1. The van der Waals surface area contributed by atoms with Crippen LogP contribution in [0.25, 0.3) is 0 Å². The van der Waals surface area contributed by atoms with Crippen molar-refractivity contribution in [1.82, 2.24) is 5.32 Å². The Morgan fingerprint density at radius 2 is 1.68 bits per heavy atom. The molecule has 4 rings (SSSR count). The van der Waals surface area contributed by atoms with Gasteiger partial charge in [-0.25, -0.2) is 4.79 Å². The number of rotatable bonds is 5. The third-order valence-corrected chi connectivity index (χ3v) is 7.28. The van der Waals surface area contributed by atoms with Crippen molar-refractivity contribution in [2.24, 2.45) is 5.41 Å². The number of dihydropyridines is 1. The Morgan fingerprint density at radius 1 is 1.00 bits per heavy atom. The quantitative estimate of drug-likeness (QED) is 0.451. The van der Waals surface area contributed by atoms with E-state index in [1.807, 2.05) is 25.1 Å². The van der Waals surface area contributed by atoms with Gasteiger partial charge >= 0.3 is 5.97 Å². The number of benzene rings is 1. The van der Waals surface area contributed by atoms with Crippen molar-refractivity contribution < 1.29 is 23.8 Å². The van der Waals surface area contributed by atoms with Gasteiger partial charge in [0.1, 0.15) is 6.10 Å². The van der Waals surface area contributed by atoms with Crippen LogP contribution in [0.2, 0.25) is 0 Å². The molecule has 0 radical (unpaired) electrons. The molecule has 1 saturated carbocycles. The molecular weight excluding hydrogens is 430 g/mol. The smallest absolute Gasteiger partial charge is 0.337 e. The highest BCUT2D eigenvalue weighted by Gasteiger charge is 2.43. The molecule has 184 valence electrons. The molecule has 0 bridgehead atoms. The summed E-state index contributed by atoms with van der Waals surface area (Å²) >= 11 is 0. The molecule has 1 N–H and O–H groups in total. The molecule has 0 amide bonds. The van der Waals surface area contributed by atoms with Crippen LogP contribution >= 0.6 is 0 Å². The van der Waals surface area contributed by atoms with E-state index in [2.05, 4.69) is 19.2 Å². The molecule has 1 aromatic carbocycles. The predicted molar refractivity (Wildman–Crippen MR) is 131 cm³/mol. The first-order valence-electron chi connectivity index (χ1n) is 12.4. The highest BCUT2D eigenvalue weighted by atomic mass is 16.5. The molecule has 1 atom stereocenters. The molecule has 0 unspecified atom stereocenters. The molecule has 0 aromatic heterocycles. The van der Waals surface area contributed by atoms with E-state index in [1.165, 1.54) is 12.8 Å². The van der Waals surface area contributed by atoms with Gasteiger partial charge in [0.15, 0.2) is 17.3 Å². The van der Waals surface area contributed by atoms with Crippen molar-refractivity contribution in [3.8, 4) is 11.5 Å². The Labute approximate surface area is 202 Å².